The van der Waals surface area contributed by atoms with Crippen molar-refractivity contribution in [2.24, 2.45) is 0 Å². The molecule has 1 aromatic rings. The molecule has 0 bridgehead atoms. The summed E-state index contributed by atoms with van der Waals surface area (Å²) in [7, 11) is -0.205. The van der Waals surface area contributed by atoms with Gasteiger partial charge in [0.25, 0.3) is 0 Å². The fourth-order valence-electron chi connectivity index (χ4n) is 1.09. The van der Waals surface area contributed by atoms with Gasteiger partial charge in [-0.15, -0.1) is 0 Å². The van der Waals surface area contributed by atoms with Crippen LogP contribution >= 0.6 is 0 Å². The van der Waals surface area contributed by atoms with Crippen LogP contribution in [0, 0.1) is 0 Å². The van der Waals surface area contributed by atoms with Gasteiger partial charge in [0.1, 0.15) is 5.75 Å². The summed E-state index contributed by atoms with van der Waals surface area (Å²) in [4.78, 5) is 0. The van der Waals surface area contributed by atoms with Crippen LogP contribution in [0.4, 0.5) is 5.69 Å². The van der Waals surface area contributed by atoms with E-state index in [0.29, 0.717) is 0 Å². The molecular weight excluding hydrogens is 190 g/mol. The van der Waals surface area contributed by atoms with Gasteiger partial charge in [-0.25, -0.2) is 0 Å². The van der Waals surface area contributed by atoms with Gasteiger partial charge in [-0.1, -0.05) is 11.3 Å². The second kappa shape index (κ2) is 5.50. The molecule has 0 aliphatic rings. The normalized spacial score (nSPS) is 10.4. The van der Waals surface area contributed by atoms with Crippen molar-refractivity contribution >= 4 is 15.2 Å². The summed E-state index contributed by atoms with van der Waals surface area (Å²) >= 11 is 0. The van der Waals surface area contributed by atoms with Gasteiger partial charge in [-0.3, -0.25) is 0 Å². The van der Waals surface area contributed by atoms with Crippen molar-refractivity contribution in [3.8, 4) is 5.75 Å². The van der Waals surface area contributed by atoms with Gasteiger partial charge in [-0.05, 0) is 38.1 Å². The molecule has 0 spiro atoms. The Hall–Kier alpha value is -1.22. The number of anilines is 1. The largest absolute Gasteiger partial charge is 0.498 e. The summed E-state index contributed by atoms with van der Waals surface area (Å²) in [6.07, 6.45) is 0.856. The predicted octanol–water partition coefficient (Wildman–Crippen LogP) is 1.70. The van der Waals surface area contributed by atoms with Crippen molar-refractivity contribution in [2.45, 2.75) is 13.8 Å². The zero-order chi connectivity index (χ0) is 10.4. The monoisotopic (exact) mass is 207 g/mol. The van der Waals surface area contributed by atoms with Gasteiger partial charge < -0.3 is 10.5 Å². The van der Waals surface area contributed by atoms with Crippen LogP contribution in [0.1, 0.15) is 13.8 Å². The second-order valence-corrected chi connectivity index (χ2v) is 4.88. The van der Waals surface area contributed by atoms with Crippen LogP contribution < -0.4 is 10.5 Å². The number of ether oxygens (including phenoxy) is 1. The average molecular weight is 207 g/mol. The number of hydrogen-bond acceptors (Lipinski definition) is 2. The molecule has 1 rings (SSSR count). The molecule has 2 N–H and O–H groups in total. The lowest BCUT2D eigenvalue weighted by atomic mass is 10.3. The molecule has 3 heteroatoms. The van der Waals surface area contributed by atoms with Crippen molar-refractivity contribution in [3.63, 3.8) is 0 Å². The quantitative estimate of drug-likeness (QED) is 0.463. The number of benzene rings is 1. The fourth-order valence-corrected chi connectivity index (χ4v) is 2.14. The Kier molecular flexibility index (Phi) is 4.26. The highest BCUT2D eigenvalue weighted by molar-refractivity contribution is 6.42. The third kappa shape index (κ3) is 4.14. The van der Waals surface area contributed by atoms with Crippen molar-refractivity contribution < 1.29 is 4.74 Å². The third-order valence-electron chi connectivity index (χ3n) is 1.82. The van der Waals surface area contributed by atoms with Gasteiger partial charge in [0.2, 0.25) is 0 Å². The molecule has 0 unspecified atom stereocenters. The molecule has 0 atom stereocenters. The lowest BCUT2D eigenvalue weighted by Gasteiger charge is -2.04. The van der Waals surface area contributed by atoms with Crippen molar-refractivity contribution in [3.05, 3.63) is 35.5 Å². The van der Waals surface area contributed by atoms with E-state index in [1.54, 1.807) is 0 Å². The van der Waals surface area contributed by atoms with Gasteiger partial charge >= 0.3 is 0 Å². The van der Waals surface area contributed by atoms with Crippen LogP contribution in [-0.2, 0) is 0 Å². The van der Waals surface area contributed by atoms with Crippen LogP contribution in [0.25, 0.3) is 0 Å². The Morgan fingerprint density at radius 2 is 2.00 bits per heavy atom. The molecule has 0 saturated carbocycles. The first-order valence-electron chi connectivity index (χ1n) is 4.80. The Labute approximate surface area is 87.6 Å². The third-order valence-corrected chi connectivity index (χ3v) is 3.36. The number of nitrogen functional groups attached to an aromatic ring is 1. The minimum absolute atomic E-state index is 0.205. The molecule has 0 heterocycles. The fraction of sp³-hybridized carbons (Fsp3) is 0.273. The summed E-state index contributed by atoms with van der Waals surface area (Å²) < 4.78 is 5.57. The molecule has 0 radical (unpaired) electrons. The summed E-state index contributed by atoms with van der Waals surface area (Å²) in [6.45, 7) is 4.24. The van der Waals surface area contributed by atoms with Gasteiger partial charge in [0, 0.05) is 5.69 Å². The molecule has 1 aromatic carbocycles. The van der Waals surface area contributed by atoms with Crippen LogP contribution in [0.15, 0.2) is 35.5 Å². The average Bonchev–Trinajstić information content (AvgIpc) is 2.15. The van der Waals surface area contributed by atoms with Crippen molar-refractivity contribution in [1.29, 1.82) is 0 Å². The first kappa shape index (κ1) is 10.9. The van der Waals surface area contributed by atoms with E-state index in [2.05, 4.69) is 19.5 Å². The molecule has 0 aromatic heterocycles. The van der Waals surface area contributed by atoms with Gasteiger partial charge in [0.15, 0.2) is 0 Å². The molecule has 0 fully saturated rings. The first-order valence-corrected chi connectivity index (χ1v) is 6.62. The number of allylic oxidation sites excluding steroid dienone is 1. The van der Waals surface area contributed by atoms with E-state index in [1.807, 2.05) is 24.3 Å². The summed E-state index contributed by atoms with van der Waals surface area (Å²) in [5.41, 5.74) is 10.0. The topological polar surface area (TPSA) is 35.2 Å². The second-order valence-electron chi connectivity index (χ2n) is 3.49. The molecule has 14 heavy (non-hydrogen) atoms. The van der Waals surface area contributed by atoms with E-state index in [9.17, 15) is 0 Å². The van der Waals surface area contributed by atoms with E-state index in [-0.39, 0.29) is 9.52 Å². The number of nitrogens with two attached hydrogens (primary N) is 1. The first-order chi connectivity index (χ1) is 6.68. The predicted molar refractivity (Wildman–Crippen MR) is 64.3 cm³/mol. The highest BCUT2D eigenvalue weighted by Crippen LogP contribution is 2.12. The highest BCUT2D eigenvalue weighted by Gasteiger charge is 1.91. The minimum atomic E-state index is -0.205. The zero-order valence-corrected chi connectivity index (χ0v) is 10.2. The molecule has 2 nitrogen and oxygen atoms in total. The van der Waals surface area contributed by atoms with E-state index >= 15 is 0 Å². The number of hydrogen-bond donors (Lipinski definition) is 1. The smallest absolute Gasteiger partial charge is 0.118 e. The molecule has 0 aliphatic heterocycles. The van der Waals surface area contributed by atoms with Crippen molar-refractivity contribution in [1.82, 2.24) is 0 Å². The van der Waals surface area contributed by atoms with Crippen LogP contribution in [-0.4, -0.2) is 15.7 Å². The van der Waals surface area contributed by atoms with Crippen LogP contribution in [0.2, 0.25) is 0 Å². The SMILES string of the molecule is CC(C)=C[SiH2]COc1ccc(N)cc1. The Morgan fingerprint density at radius 1 is 1.36 bits per heavy atom. The lowest BCUT2D eigenvalue weighted by Crippen LogP contribution is -2.04. The molecule has 76 valence electrons. The summed E-state index contributed by atoms with van der Waals surface area (Å²) in [6, 6.07) is 7.54. The molecule has 0 aliphatic carbocycles. The van der Waals surface area contributed by atoms with Crippen molar-refractivity contribution in [2.75, 3.05) is 12.0 Å². The summed E-state index contributed by atoms with van der Waals surface area (Å²) in [5.74, 6) is 0.911. The van der Waals surface area contributed by atoms with Gasteiger partial charge in [-0.2, -0.15) is 0 Å². The number of rotatable bonds is 4. The van der Waals surface area contributed by atoms with Gasteiger partial charge in [0.05, 0.1) is 15.7 Å². The minimum Gasteiger partial charge on any atom is -0.498 e. The van der Waals surface area contributed by atoms with E-state index in [1.165, 1.54) is 5.57 Å². The molecule has 0 saturated heterocycles. The molecular formula is C11H17NOSi. The molecule has 0 amide bonds. The Morgan fingerprint density at radius 3 is 2.57 bits per heavy atom. The van der Waals surface area contributed by atoms with Crippen LogP contribution in [0.5, 0.6) is 5.75 Å². The van der Waals surface area contributed by atoms with E-state index in [4.69, 9.17) is 10.5 Å². The van der Waals surface area contributed by atoms with Crippen LogP contribution in [0.3, 0.4) is 0 Å². The van der Waals surface area contributed by atoms with E-state index < -0.39 is 0 Å². The van der Waals surface area contributed by atoms with E-state index in [0.717, 1.165) is 17.7 Å². The maximum Gasteiger partial charge on any atom is 0.118 e. The zero-order valence-electron chi connectivity index (χ0n) is 8.79. The Balaban J connectivity index is 2.32. The lowest BCUT2D eigenvalue weighted by molar-refractivity contribution is 0.385. The Bertz CT molecular complexity index is 302. The highest BCUT2D eigenvalue weighted by atomic mass is 28.2. The standard InChI is InChI=1S/C11H17NOSi/c1-9(2)7-14-8-13-11-5-3-10(12)4-6-11/h3-7H,8,12,14H2,1-2H3. The maximum atomic E-state index is 5.57. The maximum absolute atomic E-state index is 5.57. The summed E-state index contributed by atoms with van der Waals surface area (Å²) in [5, 5.41) is 0.